The molecule has 112 valence electrons. The predicted molar refractivity (Wildman–Crippen MR) is 89.0 cm³/mol. The van der Waals surface area contributed by atoms with E-state index in [0.717, 1.165) is 0 Å². The molecule has 21 heavy (non-hydrogen) atoms. The molecule has 2 aromatic rings. The number of aromatic nitrogens is 1. The van der Waals surface area contributed by atoms with Crippen LogP contribution < -0.4 is 5.73 Å². The Hall–Kier alpha value is -1.41. The highest BCUT2D eigenvalue weighted by molar-refractivity contribution is 5.85. The molecule has 2 nitrogen and oxygen atoms in total. The molecule has 1 saturated carbocycles. The van der Waals surface area contributed by atoms with Crippen molar-refractivity contribution in [3.8, 4) is 0 Å². The Kier molecular flexibility index (Phi) is 3.99. The third-order valence-electron chi connectivity index (χ3n) is 5.12. The van der Waals surface area contributed by atoms with Crippen LogP contribution in [0.2, 0.25) is 0 Å². The second kappa shape index (κ2) is 5.76. The lowest BCUT2D eigenvalue weighted by Crippen LogP contribution is -2.33. The summed E-state index contributed by atoms with van der Waals surface area (Å²) in [4.78, 5) is 4.24. The number of hydrogen-bond acceptors (Lipinski definition) is 2. The maximum atomic E-state index is 6.83. The molecule has 0 amide bonds. The fourth-order valence-corrected chi connectivity index (χ4v) is 4.28. The maximum Gasteiger partial charge on any atom is 0.0358 e. The molecular weight excluding hydrogens is 256 g/mol. The largest absolute Gasteiger partial charge is 0.323 e. The second-order valence-corrected chi connectivity index (χ2v) is 7.09. The Bertz CT molecular complexity index is 606. The standard InChI is InChI=1S/C19H26N2/c1-14(2)12-19(9-3-4-10-19)18(20)17-7-5-6-15-13-21-11-8-16(15)17/h5-8,11,13-14,18H,3-4,9-10,12,20H2,1-2H3. The summed E-state index contributed by atoms with van der Waals surface area (Å²) in [5.41, 5.74) is 8.42. The summed E-state index contributed by atoms with van der Waals surface area (Å²) in [7, 11) is 0. The summed E-state index contributed by atoms with van der Waals surface area (Å²) in [5, 5.41) is 2.47. The number of pyridine rings is 1. The van der Waals surface area contributed by atoms with Crippen molar-refractivity contribution >= 4 is 10.8 Å². The lowest BCUT2D eigenvalue weighted by molar-refractivity contribution is 0.184. The number of nitrogens with zero attached hydrogens (tertiary/aromatic N) is 1. The molecule has 0 aliphatic heterocycles. The first-order chi connectivity index (χ1) is 10.1. The molecule has 0 bridgehead atoms. The van der Waals surface area contributed by atoms with Gasteiger partial charge >= 0.3 is 0 Å². The van der Waals surface area contributed by atoms with E-state index in [-0.39, 0.29) is 11.5 Å². The van der Waals surface area contributed by atoms with Gasteiger partial charge in [-0.3, -0.25) is 4.98 Å². The van der Waals surface area contributed by atoms with Gasteiger partial charge in [-0.15, -0.1) is 0 Å². The van der Waals surface area contributed by atoms with Crippen molar-refractivity contribution in [2.75, 3.05) is 0 Å². The van der Waals surface area contributed by atoms with Crippen LogP contribution in [0.15, 0.2) is 36.7 Å². The molecule has 1 aliphatic carbocycles. The van der Waals surface area contributed by atoms with Crippen molar-refractivity contribution in [1.29, 1.82) is 0 Å². The van der Waals surface area contributed by atoms with E-state index in [1.54, 1.807) is 0 Å². The Morgan fingerprint density at radius 1 is 1.19 bits per heavy atom. The van der Waals surface area contributed by atoms with Crippen LogP contribution in [0.1, 0.15) is 57.6 Å². The van der Waals surface area contributed by atoms with Gasteiger partial charge in [0.25, 0.3) is 0 Å². The van der Waals surface area contributed by atoms with Crippen molar-refractivity contribution in [2.45, 2.75) is 52.0 Å². The molecule has 1 heterocycles. The minimum Gasteiger partial charge on any atom is -0.323 e. The number of benzene rings is 1. The van der Waals surface area contributed by atoms with Crippen molar-refractivity contribution in [3.05, 3.63) is 42.2 Å². The minimum absolute atomic E-state index is 0.133. The summed E-state index contributed by atoms with van der Waals surface area (Å²) < 4.78 is 0. The average Bonchev–Trinajstić information content (AvgIpc) is 2.95. The van der Waals surface area contributed by atoms with Gasteiger partial charge in [0.15, 0.2) is 0 Å². The van der Waals surface area contributed by atoms with Gasteiger partial charge in [0.1, 0.15) is 0 Å². The van der Waals surface area contributed by atoms with E-state index < -0.39 is 0 Å². The van der Waals surface area contributed by atoms with Crippen LogP contribution in [0.25, 0.3) is 10.8 Å². The Labute approximate surface area is 127 Å². The van der Waals surface area contributed by atoms with Gasteiger partial charge in [0, 0.05) is 23.8 Å². The van der Waals surface area contributed by atoms with Crippen LogP contribution in [0, 0.1) is 11.3 Å². The normalized spacial score (nSPS) is 19.2. The minimum atomic E-state index is 0.133. The number of nitrogens with two attached hydrogens (primary N) is 1. The van der Waals surface area contributed by atoms with Gasteiger partial charge in [-0.1, -0.05) is 44.9 Å². The Balaban J connectivity index is 2.04. The highest BCUT2D eigenvalue weighted by Crippen LogP contribution is 2.51. The first-order valence-corrected chi connectivity index (χ1v) is 8.21. The fourth-order valence-electron chi connectivity index (χ4n) is 4.28. The molecule has 1 fully saturated rings. The lowest BCUT2D eigenvalue weighted by atomic mass is 9.70. The molecule has 1 aromatic heterocycles. The van der Waals surface area contributed by atoms with Gasteiger partial charge in [-0.05, 0) is 47.6 Å². The van der Waals surface area contributed by atoms with Crippen LogP contribution >= 0.6 is 0 Å². The zero-order chi connectivity index (χ0) is 14.9. The van der Waals surface area contributed by atoms with E-state index in [1.165, 1.54) is 48.4 Å². The Morgan fingerprint density at radius 3 is 2.67 bits per heavy atom. The van der Waals surface area contributed by atoms with Crippen LogP contribution in [-0.2, 0) is 0 Å². The van der Waals surface area contributed by atoms with E-state index in [0.29, 0.717) is 5.92 Å². The summed E-state index contributed by atoms with van der Waals surface area (Å²) in [6.45, 7) is 4.64. The number of rotatable bonds is 4. The first-order valence-electron chi connectivity index (χ1n) is 8.21. The quantitative estimate of drug-likeness (QED) is 0.871. The van der Waals surface area contributed by atoms with Crippen molar-refractivity contribution in [2.24, 2.45) is 17.1 Å². The van der Waals surface area contributed by atoms with E-state index in [2.05, 4.69) is 43.1 Å². The van der Waals surface area contributed by atoms with E-state index in [1.807, 2.05) is 12.4 Å². The third-order valence-corrected chi connectivity index (χ3v) is 5.12. The number of fused-ring (bicyclic) bond motifs is 1. The molecule has 1 aliphatic rings. The molecule has 3 rings (SSSR count). The molecule has 1 atom stereocenters. The van der Waals surface area contributed by atoms with Gasteiger partial charge in [0.2, 0.25) is 0 Å². The SMILES string of the molecule is CC(C)CC1(C(N)c2cccc3cnccc23)CCCC1. The summed E-state index contributed by atoms with van der Waals surface area (Å²) in [5.74, 6) is 0.700. The zero-order valence-corrected chi connectivity index (χ0v) is 13.2. The third kappa shape index (κ3) is 2.69. The van der Waals surface area contributed by atoms with Crippen LogP contribution in [0.5, 0.6) is 0 Å². The molecular formula is C19H26N2. The highest BCUT2D eigenvalue weighted by atomic mass is 14.7. The van der Waals surface area contributed by atoms with E-state index >= 15 is 0 Å². The summed E-state index contributed by atoms with van der Waals surface area (Å²) in [6.07, 6.45) is 10.2. The van der Waals surface area contributed by atoms with Crippen LogP contribution in [0.3, 0.4) is 0 Å². The van der Waals surface area contributed by atoms with Gasteiger partial charge < -0.3 is 5.73 Å². The lowest BCUT2D eigenvalue weighted by Gasteiger charge is -2.37. The molecule has 2 N–H and O–H groups in total. The smallest absolute Gasteiger partial charge is 0.0358 e. The van der Waals surface area contributed by atoms with Gasteiger partial charge in [-0.2, -0.15) is 0 Å². The number of hydrogen-bond donors (Lipinski definition) is 1. The fraction of sp³-hybridized carbons (Fsp3) is 0.526. The van der Waals surface area contributed by atoms with Crippen molar-refractivity contribution in [3.63, 3.8) is 0 Å². The predicted octanol–water partition coefficient (Wildman–Crippen LogP) is 4.84. The van der Waals surface area contributed by atoms with Gasteiger partial charge in [0.05, 0.1) is 0 Å². The maximum absolute atomic E-state index is 6.83. The zero-order valence-electron chi connectivity index (χ0n) is 13.2. The molecule has 1 unspecified atom stereocenters. The Morgan fingerprint density at radius 2 is 1.95 bits per heavy atom. The van der Waals surface area contributed by atoms with Crippen molar-refractivity contribution < 1.29 is 0 Å². The molecule has 0 spiro atoms. The van der Waals surface area contributed by atoms with E-state index in [9.17, 15) is 0 Å². The second-order valence-electron chi connectivity index (χ2n) is 7.09. The molecule has 1 aromatic carbocycles. The summed E-state index contributed by atoms with van der Waals surface area (Å²) in [6, 6.07) is 8.71. The monoisotopic (exact) mass is 282 g/mol. The van der Waals surface area contributed by atoms with E-state index in [4.69, 9.17) is 5.73 Å². The molecule has 0 radical (unpaired) electrons. The highest BCUT2D eigenvalue weighted by Gasteiger charge is 2.40. The van der Waals surface area contributed by atoms with Crippen LogP contribution in [-0.4, -0.2) is 4.98 Å². The summed E-state index contributed by atoms with van der Waals surface area (Å²) >= 11 is 0. The topological polar surface area (TPSA) is 38.9 Å². The van der Waals surface area contributed by atoms with Crippen LogP contribution in [0.4, 0.5) is 0 Å². The molecule has 2 heteroatoms. The van der Waals surface area contributed by atoms with Crippen molar-refractivity contribution in [1.82, 2.24) is 4.98 Å². The van der Waals surface area contributed by atoms with Gasteiger partial charge in [-0.25, -0.2) is 0 Å². The molecule has 0 saturated heterocycles. The average molecular weight is 282 g/mol. The first kappa shape index (κ1) is 14.5.